The fourth-order valence-corrected chi connectivity index (χ4v) is 5.56. The van der Waals surface area contributed by atoms with E-state index in [0.717, 1.165) is 16.9 Å². The third-order valence-electron chi connectivity index (χ3n) is 5.80. The van der Waals surface area contributed by atoms with Crippen molar-refractivity contribution >= 4 is 21.4 Å². The van der Waals surface area contributed by atoms with E-state index in [2.05, 4.69) is 36.1 Å². The van der Waals surface area contributed by atoms with Crippen LogP contribution in [0.3, 0.4) is 0 Å². The van der Waals surface area contributed by atoms with Gasteiger partial charge in [0, 0.05) is 11.9 Å². The number of allylic oxidation sites excluding steroid dienone is 4. The van der Waals surface area contributed by atoms with E-state index in [4.69, 9.17) is 0 Å². The smallest absolute Gasteiger partial charge is 0.267 e. The van der Waals surface area contributed by atoms with Crippen LogP contribution in [-0.2, 0) is 10.0 Å². The number of hydrogen-bond acceptors (Lipinski definition) is 3. The molecule has 5 heteroatoms. The molecule has 0 radical (unpaired) electrons. The molecule has 1 aliphatic heterocycles. The minimum atomic E-state index is -3.81. The van der Waals surface area contributed by atoms with E-state index in [0.29, 0.717) is 5.70 Å². The SMILES string of the molecule is Cc1ccc(N2C(c3ccccc3)=CN(S(=O)(=O)c3ccccc3)C3=CC=CC=CC32)cc1. The van der Waals surface area contributed by atoms with E-state index >= 15 is 0 Å². The van der Waals surface area contributed by atoms with Gasteiger partial charge in [-0.2, -0.15) is 0 Å². The normalized spacial score (nSPS) is 17.8. The summed E-state index contributed by atoms with van der Waals surface area (Å²) in [6.07, 6.45) is 11.4. The first-order valence-corrected chi connectivity index (χ1v) is 12.3. The van der Waals surface area contributed by atoms with Crippen LogP contribution in [0.25, 0.3) is 5.70 Å². The zero-order valence-corrected chi connectivity index (χ0v) is 19.1. The summed E-state index contributed by atoms with van der Waals surface area (Å²) in [5.41, 5.74) is 4.59. The van der Waals surface area contributed by atoms with Crippen LogP contribution in [0.5, 0.6) is 0 Å². The molecule has 3 aromatic rings. The summed E-state index contributed by atoms with van der Waals surface area (Å²) in [7, 11) is -3.81. The van der Waals surface area contributed by atoms with E-state index in [1.807, 2.05) is 66.8 Å². The van der Waals surface area contributed by atoms with E-state index in [1.54, 1.807) is 30.5 Å². The molecule has 0 N–H and O–H groups in total. The fourth-order valence-electron chi connectivity index (χ4n) is 4.15. The number of hydrogen-bond donors (Lipinski definition) is 0. The van der Waals surface area contributed by atoms with Crippen LogP contribution in [-0.4, -0.2) is 18.8 Å². The highest BCUT2D eigenvalue weighted by atomic mass is 32.2. The maximum Gasteiger partial charge on any atom is 0.267 e. The predicted octanol–water partition coefficient (Wildman–Crippen LogP) is 5.88. The van der Waals surface area contributed by atoms with Gasteiger partial charge in [-0.1, -0.05) is 90.5 Å². The minimum Gasteiger partial charge on any atom is -0.327 e. The molecular formula is C28H24N2O2S. The Labute approximate surface area is 195 Å². The molecule has 0 fully saturated rings. The van der Waals surface area contributed by atoms with Gasteiger partial charge in [0.05, 0.1) is 22.3 Å². The van der Waals surface area contributed by atoms with E-state index in [1.165, 1.54) is 9.87 Å². The van der Waals surface area contributed by atoms with Gasteiger partial charge >= 0.3 is 0 Å². The number of aryl methyl sites for hydroxylation is 1. The second kappa shape index (κ2) is 8.60. The van der Waals surface area contributed by atoms with Gasteiger partial charge in [0.25, 0.3) is 10.0 Å². The summed E-state index contributed by atoms with van der Waals surface area (Å²) in [6.45, 7) is 2.06. The Morgan fingerprint density at radius 3 is 2.12 bits per heavy atom. The second-order valence-corrected chi connectivity index (χ2v) is 9.82. The van der Waals surface area contributed by atoms with Gasteiger partial charge in [-0.15, -0.1) is 0 Å². The first kappa shape index (κ1) is 21.0. The van der Waals surface area contributed by atoms with Crippen LogP contribution in [0.4, 0.5) is 5.69 Å². The molecule has 1 unspecified atom stereocenters. The standard InChI is InChI=1S/C28H24N2O2S/c1-22-17-19-24(20-18-22)30-27-16-10-4-9-15-26(27)29(21-28(30)23-11-5-2-6-12-23)33(31,32)25-13-7-3-8-14-25/h2-21,27H,1H3. The van der Waals surface area contributed by atoms with Crippen LogP contribution in [0.15, 0.2) is 132 Å². The molecule has 0 amide bonds. The monoisotopic (exact) mass is 452 g/mol. The first-order chi connectivity index (χ1) is 16.1. The lowest BCUT2D eigenvalue weighted by atomic mass is 10.0. The highest BCUT2D eigenvalue weighted by Gasteiger charge is 2.38. The van der Waals surface area contributed by atoms with Crippen molar-refractivity contribution in [2.24, 2.45) is 0 Å². The average molecular weight is 453 g/mol. The Morgan fingerprint density at radius 2 is 1.42 bits per heavy atom. The summed E-state index contributed by atoms with van der Waals surface area (Å²) in [5, 5.41) is 0. The third kappa shape index (κ3) is 3.92. The summed E-state index contributed by atoms with van der Waals surface area (Å²) in [6, 6.07) is 26.5. The van der Waals surface area contributed by atoms with Crippen molar-refractivity contribution in [2.45, 2.75) is 17.9 Å². The van der Waals surface area contributed by atoms with Crippen LogP contribution in [0.1, 0.15) is 11.1 Å². The molecule has 5 rings (SSSR count). The van der Waals surface area contributed by atoms with Gasteiger partial charge < -0.3 is 4.90 Å². The van der Waals surface area contributed by atoms with Crippen molar-refractivity contribution < 1.29 is 8.42 Å². The van der Waals surface area contributed by atoms with E-state index < -0.39 is 10.0 Å². The second-order valence-electron chi connectivity index (χ2n) is 8.01. The van der Waals surface area contributed by atoms with Gasteiger partial charge in [0.1, 0.15) is 0 Å². The maximum atomic E-state index is 13.8. The molecule has 0 saturated heterocycles. The Bertz CT molecular complexity index is 1370. The van der Waals surface area contributed by atoms with Gasteiger partial charge in [-0.25, -0.2) is 12.7 Å². The Morgan fingerprint density at radius 1 is 0.758 bits per heavy atom. The van der Waals surface area contributed by atoms with Gasteiger partial charge in [-0.3, -0.25) is 0 Å². The molecule has 2 aliphatic rings. The van der Waals surface area contributed by atoms with Gasteiger partial charge in [-0.05, 0) is 42.8 Å². The highest BCUT2D eigenvalue weighted by Crippen LogP contribution is 2.40. The summed E-state index contributed by atoms with van der Waals surface area (Å²) >= 11 is 0. The summed E-state index contributed by atoms with van der Waals surface area (Å²) in [5.74, 6) is 0. The lowest BCUT2D eigenvalue weighted by Gasteiger charge is -2.43. The van der Waals surface area contributed by atoms with E-state index in [9.17, 15) is 8.42 Å². The number of sulfonamides is 1. The van der Waals surface area contributed by atoms with Crippen LogP contribution >= 0.6 is 0 Å². The number of anilines is 1. The lowest BCUT2D eigenvalue weighted by Crippen LogP contribution is -2.45. The van der Waals surface area contributed by atoms with Crippen molar-refractivity contribution in [2.75, 3.05) is 4.90 Å². The molecule has 0 saturated carbocycles. The van der Waals surface area contributed by atoms with Crippen LogP contribution < -0.4 is 4.90 Å². The first-order valence-electron chi connectivity index (χ1n) is 10.8. The lowest BCUT2D eigenvalue weighted by molar-refractivity contribution is 0.522. The van der Waals surface area contributed by atoms with Crippen molar-refractivity contribution in [3.05, 3.63) is 138 Å². The molecule has 3 aromatic carbocycles. The van der Waals surface area contributed by atoms with Crippen molar-refractivity contribution in [1.82, 2.24) is 4.31 Å². The molecule has 164 valence electrons. The number of benzene rings is 3. The fraction of sp³-hybridized carbons (Fsp3) is 0.0714. The number of nitrogens with zero attached hydrogens (tertiary/aromatic N) is 2. The molecule has 33 heavy (non-hydrogen) atoms. The minimum absolute atomic E-state index is 0.259. The van der Waals surface area contributed by atoms with Crippen molar-refractivity contribution in [3.8, 4) is 0 Å². The largest absolute Gasteiger partial charge is 0.327 e. The maximum absolute atomic E-state index is 13.8. The molecule has 1 atom stereocenters. The molecule has 1 heterocycles. The highest BCUT2D eigenvalue weighted by molar-refractivity contribution is 7.89. The quantitative estimate of drug-likeness (QED) is 0.496. The number of fused-ring (bicyclic) bond motifs is 1. The Hall–Kier alpha value is -3.83. The average Bonchev–Trinajstić information content (AvgIpc) is 3.11. The zero-order valence-electron chi connectivity index (χ0n) is 18.2. The summed E-state index contributed by atoms with van der Waals surface area (Å²) < 4.78 is 29.0. The number of rotatable bonds is 4. The molecule has 0 aromatic heterocycles. The molecule has 0 spiro atoms. The van der Waals surface area contributed by atoms with Gasteiger partial charge in [0.15, 0.2) is 0 Å². The molecule has 0 bridgehead atoms. The zero-order chi connectivity index (χ0) is 22.8. The Balaban J connectivity index is 1.76. The van der Waals surface area contributed by atoms with Crippen molar-refractivity contribution in [3.63, 3.8) is 0 Å². The van der Waals surface area contributed by atoms with Gasteiger partial charge in [0.2, 0.25) is 0 Å². The van der Waals surface area contributed by atoms with Crippen LogP contribution in [0.2, 0.25) is 0 Å². The third-order valence-corrected chi connectivity index (χ3v) is 7.50. The Kier molecular flexibility index (Phi) is 5.48. The topological polar surface area (TPSA) is 40.6 Å². The van der Waals surface area contributed by atoms with Crippen molar-refractivity contribution in [1.29, 1.82) is 0 Å². The molecular weight excluding hydrogens is 428 g/mol. The predicted molar refractivity (Wildman–Crippen MR) is 134 cm³/mol. The molecule has 1 aliphatic carbocycles. The summed E-state index contributed by atoms with van der Waals surface area (Å²) in [4.78, 5) is 2.45. The molecule has 4 nitrogen and oxygen atoms in total. The van der Waals surface area contributed by atoms with E-state index in [-0.39, 0.29) is 10.9 Å². The van der Waals surface area contributed by atoms with Crippen LogP contribution in [0, 0.1) is 6.92 Å².